The van der Waals surface area contributed by atoms with E-state index in [0.29, 0.717) is 13.1 Å². The minimum Gasteiger partial charge on any atom is -0.334 e. The first kappa shape index (κ1) is 17.0. The van der Waals surface area contributed by atoms with Crippen molar-refractivity contribution in [2.45, 2.75) is 25.9 Å². The van der Waals surface area contributed by atoms with Crippen LogP contribution in [0.5, 0.6) is 0 Å². The molecule has 1 aliphatic rings. The van der Waals surface area contributed by atoms with Crippen molar-refractivity contribution in [3.05, 3.63) is 65.5 Å². The van der Waals surface area contributed by atoms with Gasteiger partial charge in [-0.1, -0.05) is 24.3 Å². The van der Waals surface area contributed by atoms with E-state index in [0.717, 1.165) is 29.7 Å². The number of anilines is 1. The summed E-state index contributed by atoms with van der Waals surface area (Å²) in [5, 5.41) is 8.36. The Morgan fingerprint density at radius 3 is 2.32 bits per heavy atom. The van der Waals surface area contributed by atoms with Crippen LogP contribution in [0.4, 0.5) is 14.9 Å². The van der Waals surface area contributed by atoms with Crippen molar-refractivity contribution in [1.29, 1.82) is 0 Å². The van der Waals surface area contributed by atoms with Crippen LogP contribution in [0.2, 0.25) is 0 Å². The summed E-state index contributed by atoms with van der Waals surface area (Å²) < 4.78 is 12.8. The highest BCUT2D eigenvalue weighted by Gasteiger charge is 2.29. The van der Waals surface area contributed by atoms with E-state index < -0.39 is 0 Å². The molecule has 5 nitrogen and oxygen atoms in total. The predicted molar refractivity (Wildman–Crippen MR) is 93.3 cm³/mol. The summed E-state index contributed by atoms with van der Waals surface area (Å²) in [6.45, 7) is 0.673. The van der Waals surface area contributed by atoms with Gasteiger partial charge in [0, 0.05) is 24.7 Å². The zero-order valence-electron chi connectivity index (χ0n) is 13.7. The Morgan fingerprint density at radius 1 is 0.960 bits per heavy atom. The van der Waals surface area contributed by atoms with Crippen molar-refractivity contribution in [2.24, 2.45) is 5.92 Å². The molecule has 0 heterocycles. The first-order valence-electron chi connectivity index (χ1n) is 8.26. The Labute approximate surface area is 145 Å². The molecule has 0 saturated heterocycles. The van der Waals surface area contributed by atoms with Gasteiger partial charge < -0.3 is 16.0 Å². The SMILES string of the molecule is O=C(NCc1ccc(F)cc1)NCc1cccc(NC(=O)C2CC2)c1. The van der Waals surface area contributed by atoms with Crippen molar-refractivity contribution in [2.75, 3.05) is 5.32 Å². The van der Waals surface area contributed by atoms with Gasteiger partial charge in [0.05, 0.1) is 0 Å². The summed E-state index contributed by atoms with van der Waals surface area (Å²) in [6, 6.07) is 13.1. The summed E-state index contributed by atoms with van der Waals surface area (Å²) in [7, 11) is 0. The third-order valence-corrected chi connectivity index (χ3v) is 3.96. The van der Waals surface area contributed by atoms with Gasteiger partial charge in [0.1, 0.15) is 5.82 Å². The zero-order chi connectivity index (χ0) is 17.6. The Morgan fingerprint density at radius 2 is 1.64 bits per heavy atom. The average Bonchev–Trinajstić information content (AvgIpc) is 3.45. The maximum absolute atomic E-state index is 12.8. The fraction of sp³-hybridized carbons (Fsp3) is 0.263. The van der Waals surface area contributed by atoms with Crippen LogP contribution in [0.1, 0.15) is 24.0 Å². The molecule has 0 atom stereocenters. The van der Waals surface area contributed by atoms with E-state index in [1.807, 2.05) is 24.3 Å². The molecule has 0 aliphatic heterocycles. The summed E-state index contributed by atoms with van der Waals surface area (Å²) >= 11 is 0. The first-order chi connectivity index (χ1) is 12.1. The van der Waals surface area contributed by atoms with E-state index >= 15 is 0 Å². The number of carbonyl (C=O) groups excluding carboxylic acids is 2. The van der Waals surface area contributed by atoms with Gasteiger partial charge in [-0.25, -0.2) is 9.18 Å². The summed E-state index contributed by atoms with van der Waals surface area (Å²) in [5.74, 6) is -0.0944. The molecule has 0 bridgehead atoms. The number of amides is 3. The van der Waals surface area contributed by atoms with Crippen molar-refractivity contribution in [1.82, 2.24) is 10.6 Å². The van der Waals surface area contributed by atoms with Crippen LogP contribution >= 0.6 is 0 Å². The lowest BCUT2D eigenvalue weighted by Gasteiger charge is -2.10. The van der Waals surface area contributed by atoms with Crippen molar-refractivity contribution >= 4 is 17.6 Å². The van der Waals surface area contributed by atoms with Gasteiger partial charge in [-0.3, -0.25) is 4.79 Å². The van der Waals surface area contributed by atoms with E-state index in [2.05, 4.69) is 16.0 Å². The number of carbonyl (C=O) groups is 2. The minimum atomic E-state index is -0.309. The minimum absolute atomic E-state index is 0.0575. The standard InChI is InChI=1S/C19H20FN3O2/c20-16-8-4-13(5-9-16)11-21-19(25)22-12-14-2-1-3-17(10-14)23-18(24)15-6-7-15/h1-5,8-10,15H,6-7,11-12H2,(H,23,24)(H2,21,22,25). The van der Waals surface area contributed by atoms with Crippen molar-refractivity contribution in [3.63, 3.8) is 0 Å². The fourth-order valence-electron chi connectivity index (χ4n) is 2.38. The summed E-state index contributed by atoms with van der Waals surface area (Å²) in [5.41, 5.74) is 2.45. The van der Waals surface area contributed by atoms with Crippen LogP contribution in [0.25, 0.3) is 0 Å². The molecule has 0 radical (unpaired) electrons. The van der Waals surface area contributed by atoms with Crippen LogP contribution in [-0.4, -0.2) is 11.9 Å². The van der Waals surface area contributed by atoms with Crippen LogP contribution in [0.3, 0.4) is 0 Å². The molecule has 3 N–H and O–H groups in total. The molecule has 25 heavy (non-hydrogen) atoms. The van der Waals surface area contributed by atoms with Gasteiger partial charge in [0.2, 0.25) is 5.91 Å². The number of hydrogen-bond acceptors (Lipinski definition) is 2. The highest BCUT2D eigenvalue weighted by atomic mass is 19.1. The molecule has 0 aromatic heterocycles. The van der Waals surface area contributed by atoms with Gasteiger partial charge in [-0.05, 0) is 48.2 Å². The van der Waals surface area contributed by atoms with Gasteiger partial charge >= 0.3 is 6.03 Å². The lowest BCUT2D eigenvalue weighted by molar-refractivity contribution is -0.117. The quantitative estimate of drug-likeness (QED) is 0.755. The second kappa shape index (κ2) is 7.79. The van der Waals surface area contributed by atoms with Gasteiger partial charge in [-0.2, -0.15) is 0 Å². The molecule has 130 valence electrons. The Kier molecular flexibility index (Phi) is 5.28. The first-order valence-corrected chi connectivity index (χ1v) is 8.26. The van der Waals surface area contributed by atoms with Crippen LogP contribution in [0.15, 0.2) is 48.5 Å². The summed E-state index contributed by atoms with van der Waals surface area (Å²) in [6.07, 6.45) is 1.92. The van der Waals surface area contributed by atoms with Gasteiger partial charge in [-0.15, -0.1) is 0 Å². The second-order valence-corrected chi connectivity index (χ2v) is 6.13. The number of halogens is 1. The van der Waals surface area contributed by atoms with Crippen molar-refractivity contribution in [3.8, 4) is 0 Å². The van der Waals surface area contributed by atoms with Gasteiger partial charge in [0.25, 0.3) is 0 Å². The average molecular weight is 341 g/mol. The third-order valence-electron chi connectivity index (χ3n) is 3.96. The largest absolute Gasteiger partial charge is 0.334 e. The normalized spacial score (nSPS) is 13.2. The van der Waals surface area contributed by atoms with E-state index in [9.17, 15) is 14.0 Å². The van der Waals surface area contributed by atoms with E-state index in [1.54, 1.807) is 12.1 Å². The smallest absolute Gasteiger partial charge is 0.315 e. The topological polar surface area (TPSA) is 70.2 Å². The molecule has 2 aromatic carbocycles. The molecule has 3 amide bonds. The number of rotatable bonds is 6. The van der Waals surface area contributed by atoms with Gasteiger partial charge in [0.15, 0.2) is 0 Å². The van der Waals surface area contributed by atoms with E-state index in [-0.39, 0.29) is 23.7 Å². The highest BCUT2D eigenvalue weighted by molar-refractivity contribution is 5.94. The fourth-order valence-corrected chi connectivity index (χ4v) is 2.38. The molecule has 0 unspecified atom stereocenters. The van der Waals surface area contributed by atoms with Crippen LogP contribution in [-0.2, 0) is 17.9 Å². The number of hydrogen-bond donors (Lipinski definition) is 3. The lowest BCUT2D eigenvalue weighted by Crippen LogP contribution is -2.34. The zero-order valence-corrected chi connectivity index (χ0v) is 13.7. The Balaban J connectivity index is 1.45. The summed E-state index contributed by atoms with van der Waals surface area (Å²) in [4.78, 5) is 23.6. The Hall–Kier alpha value is -2.89. The molecular weight excluding hydrogens is 321 g/mol. The van der Waals surface area contributed by atoms with Crippen LogP contribution in [0, 0.1) is 11.7 Å². The van der Waals surface area contributed by atoms with Crippen LogP contribution < -0.4 is 16.0 Å². The van der Waals surface area contributed by atoms with Crippen molar-refractivity contribution < 1.29 is 14.0 Å². The number of nitrogens with one attached hydrogen (secondary N) is 3. The Bertz CT molecular complexity index is 758. The second-order valence-electron chi connectivity index (χ2n) is 6.13. The maximum atomic E-state index is 12.8. The number of urea groups is 1. The monoisotopic (exact) mass is 341 g/mol. The molecule has 6 heteroatoms. The lowest BCUT2D eigenvalue weighted by atomic mass is 10.2. The highest BCUT2D eigenvalue weighted by Crippen LogP contribution is 2.30. The maximum Gasteiger partial charge on any atom is 0.315 e. The van der Waals surface area contributed by atoms with E-state index in [1.165, 1.54) is 12.1 Å². The molecule has 0 spiro atoms. The third kappa shape index (κ3) is 5.31. The molecule has 1 aliphatic carbocycles. The van der Waals surface area contributed by atoms with E-state index in [4.69, 9.17) is 0 Å². The number of benzene rings is 2. The molecular formula is C19H20FN3O2. The predicted octanol–water partition coefficient (Wildman–Crippen LogP) is 3.17. The molecule has 1 fully saturated rings. The molecule has 3 rings (SSSR count). The molecule has 1 saturated carbocycles. The molecule has 2 aromatic rings.